The van der Waals surface area contributed by atoms with Gasteiger partial charge in [0.1, 0.15) is 5.60 Å². The SMILES string of the molecule is CCOC(C)(C)C(=O)N1C[C@@H]2[C@](c3ccccc3)(C1)CS2(=O)=O. The standard InChI is InChI=1S/C17H23NO4S/c1-4-22-16(2,3)15(19)18-10-14-17(11-18,12-23(14,20)21)13-8-6-5-7-9-13/h5-9,14H,4,10-12H2,1-3H3/t14-,17-/m1/s1. The number of ether oxygens (including phenoxy) is 1. The summed E-state index contributed by atoms with van der Waals surface area (Å²) in [5.74, 6) is -0.0210. The van der Waals surface area contributed by atoms with Crippen LogP contribution in [0.5, 0.6) is 0 Å². The van der Waals surface area contributed by atoms with Crippen molar-refractivity contribution in [1.82, 2.24) is 4.90 Å². The van der Waals surface area contributed by atoms with E-state index in [9.17, 15) is 13.2 Å². The van der Waals surface area contributed by atoms with Gasteiger partial charge in [-0.1, -0.05) is 30.3 Å². The number of rotatable bonds is 4. The highest BCUT2D eigenvalue weighted by atomic mass is 32.2. The summed E-state index contributed by atoms with van der Waals surface area (Å²) in [6, 6.07) is 9.67. The first-order valence-electron chi connectivity index (χ1n) is 7.93. The molecule has 2 aliphatic heterocycles. The highest BCUT2D eigenvalue weighted by molar-refractivity contribution is 7.93. The fraction of sp³-hybridized carbons (Fsp3) is 0.588. The van der Waals surface area contributed by atoms with Crippen LogP contribution in [0.1, 0.15) is 26.3 Å². The molecule has 0 radical (unpaired) electrons. The number of nitrogens with zero attached hydrogens (tertiary/aromatic N) is 1. The van der Waals surface area contributed by atoms with Crippen LogP contribution in [-0.4, -0.2) is 55.5 Å². The zero-order valence-electron chi connectivity index (χ0n) is 13.8. The van der Waals surface area contributed by atoms with E-state index in [4.69, 9.17) is 4.74 Å². The summed E-state index contributed by atoms with van der Waals surface area (Å²) < 4.78 is 30.0. The van der Waals surface area contributed by atoms with Crippen LogP contribution in [0, 0.1) is 0 Å². The van der Waals surface area contributed by atoms with Crippen molar-refractivity contribution in [2.24, 2.45) is 0 Å². The summed E-state index contributed by atoms with van der Waals surface area (Å²) in [5.41, 5.74) is -0.387. The second-order valence-electron chi connectivity index (χ2n) is 6.95. The molecule has 5 nitrogen and oxygen atoms in total. The van der Waals surface area contributed by atoms with Crippen LogP contribution < -0.4 is 0 Å². The molecule has 0 saturated carbocycles. The highest BCUT2D eigenvalue weighted by Crippen LogP contribution is 2.48. The zero-order valence-corrected chi connectivity index (χ0v) is 14.6. The smallest absolute Gasteiger partial charge is 0.254 e. The molecule has 0 aliphatic carbocycles. The molecule has 2 saturated heterocycles. The number of hydrogen-bond donors (Lipinski definition) is 0. The molecule has 1 aromatic carbocycles. The van der Waals surface area contributed by atoms with Gasteiger partial charge in [-0.2, -0.15) is 0 Å². The maximum atomic E-state index is 12.8. The Morgan fingerprint density at radius 1 is 1.35 bits per heavy atom. The number of carbonyl (C=O) groups excluding carboxylic acids is 1. The van der Waals surface area contributed by atoms with E-state index in [2.05, 4.69) is 0 Å². The van der Waals surface area contributed by atoms with Gasteiger partial charge in [-0.05, 0) is 26.3 Å². The van der Waals surface area contributed by atoms with Gasteiger partial charge in [-0.3, -0.25) is 4.79 Å². The van der Waals surface area contributed by atoms with Crippen molar-refractivity contribution in [3.63, 3.8) is 0 Å². The number of hydrogen-bond acceptors (Lipinski definition) is 4. The molecule has 126 valence electrons. The largest absolute Gasteiger partial charge is 0.366 e. The van der Waals surface area contributed by atoms with Gasteiger partial charge in [0.05, 0.1) is 11.0 Å². The molecule has 3 rings (SSSR count). The van der Waals surface area contributed by atoms with Crippen LogP contribution in [0.25, 0.3) is 0 Å². The first-order valence-corrected chi connectivity index (χ1v) is 9.65. The van der Waals surface area contributed by atoms with E-state index in [1.54, 1.807) is 18.7 Å². The number of amides is 1. The van der Waals surface area contributed by atoms with Gasteiger partial charge < -0.3 is 9.64 Å². The third-order valence-corrected chi connectivity index (χ3v) is 7.41. The van der Waals surface area contributed by atoms with E-state index < -0.39 is 26.1 Å². The summed E-state index contributed by atoms with van der Waals surface area (Å²) in [7, 11) is -3.12. The van der Waals surface area contributed by atoms with E-state index in [-0.39, 0.29) is 18.2 Å². The first kappa shape index (κ1) is 16.5. The molecular weight excluding hydrogens is 314 g/mol. The maximum Gasteiger partial charge on any atom is 0.254 e. The molecular formula is C17H23NO4S. The number of likely N-dealkylation sites (tertiary alicyclic amines) is 1. The highest BCUT2D eigenvalue weighted by Gasteiger charge is 2.65. The Morgan fingerprint density at radius 2 is 2.00 bits per heavy atom. The normalized spacial score (nSPS) is 29.0. The fourth-order valence-electron chi connectivity index (χ4n) is 3.93. The van der Waals surface area contributed by atoms with E-state index in [0.29, 0.717) is 13.2 Å². The Kier molecular flexibility index (Phi) is 3.80. The predicted molar refractivity (Wildman–Crippen MR) is 88.0 cm³/mol. The Bertz CT molecular complexity index is 713. The molecule has 1 amide bonds. The molecule has 0 bridgehead atoms. The van der Waals surface area contributed by atoms with Crippen LogP contribution in [0.15, 0.2) is 30.3 Å². The van der Waals surface area contributed by atoms with E-state index in [0.717, 1.165) is 5.56 Å². The number of sulfone groups is 1. The first-order chi connectivity index (χ1) is 10.7. The van der Waals surface area contributed by atoms with Crippen molar-refractivity contribution in [2.75, 3.05) is 25.4 Å². The van der Waals surface area contributed by atoms with Crippen molar-refractivity contribution in [3.05, 3.63) is 35.9 Å². The van der Waals surface area contributed by atoms with Crippen LogP contribution in [0.2, 0.25) is 0 Å². The van der Waals surface area contributed by atoms with Gasteiger partial charge in [0.2, 0.25) is 0 Å². The van der Waals surface area contributed by atoms with Crippen LogP contribution in [0.3, 0.4) is 0 Å². The van der Waals surface area contributed by atoms with E-state index in [1.807, 2.05) is 37.3 Å². The number of carbonyl (C=O) groups is 1. The lowest BCUT2D eigenvalue weighted by molar-refractivity contribution is -0.152. The lowest BCUT2D eigenvalue weighted by Crippen LogP contribution is -2.59. The van der Waals surface area contributed by atoms with Crippen molar-refractivity contribution in [1.29, 1.82) is 0 Å². The Labute approximate surface area is 137 Å². The third kappa shape index (κ3) is 2.48. The number of benzene rings is 1. The quantitative estimate of drug-likeness (QED) is 0.833. The van der Waals surface area contributed by atoms with Crippen LogP contribution in [0.4, 0.5) is 0 Å². The summed E-state index contributed by atoms with van der Waals surface area (Å²) in [4.78, 5) is 14.4. The van der Waals surface area contributed by atoms with E-state index >= 15 is 0 Å². The summed E-state index contributed by atoms with van der Waals surface area (Å²) in [6.07, 6.45) is 0. The second-order valence-corrected chi connectivity index (χ2v) is 9.13. The summed E-state index contributed by atoms with van der Waals surface area (Å²) >= 11 is 0. The van der Waals surface area contributed by atoms with Gasteiger partial charge in [0.15, 0.2) is 9.84 Å². The molecule has 2 aliphatic rings. The zero-order chi connectivity index (χ0) is 16.9. The minimum atomic E-state index is -3.12. The molecule has 0 N–H and O–H groups in total. The second kappa shape index (κ2) is 5.31. The Morgan fingerprint density at radius 3 is 2.57 bits per heavy atom. The van der Waals surface area contributed by atoms with Crippen LogP contribution >= 0.6 is 0 Å². The van der Waals surface area contributed by atoms with Crippen molar-refractivity contribution in [3.8, 4) is 0 Å². The predicted octanol–water partition coefficient (Wildman–Crippen LogP) is 1.38. The minimum absolute atomic E-state index is 0.119. The summed E-state index contributed by atoms with van der Waals surface area (Å²) in [5, 5.41) is -0.501. The van der Waals surface area contributed by atoms with E-state index in [1.165, 1.54) is 0 Å². The topological polar surface area (TPSA) is 63.7 Å². The lowest BCUT2D eigenvalue weighted by Gasteiger charge is -2.43. The molecule has 1 aromatic rings. The monoisotopic (exact) mass is 337 g/mol. The van der Waals surface area contributed by atoms with Gasteiger partial charge in [0.25, 0.3) is 5.91 Å². The fourth-order valence-corrected chi connectivity index (χ4v) is 6.40. The summed E-state index contributed by atoms with van der Waals surface area (Å²) in [6.45, 7) is 6.46. The molecule has 2 heterocycles. The molecule has 2 fully saturated rings. The van der Waals surface area contributed by atoms with Gasteiger partial charge in [-0.25, -0.2) is 8.42 Å². The minimum Gasteiger partial charge on any atom is -0.366 e. The molecule has 23 heavy (non-hydrogen) atoms. The van der Waals surface area contributed by atoms with Gasteiger partial charge >= 0.3 is 0 Å². The molecule has 0 unspecified atom stereocenters. The average molecular weight is 337 g/mol. The maximum absolute atomic E-state index is 12.8. The molecule has 0 aromatic heterocycles. The average Bonchev–Trinajstić information content (AvgIpc) is 2.83. The van der Waals surface area contributed by atoms with Crippen LogP contribution in [-0.2, 0) is 24.8 Å². The van der Waals surface area contributed by atoms with Crippen molar-refractivity contribution in [2.45, 2.75) is 37.0 Å². The van der Waals surface area contributed by atoms with Gasteiger partial charge in [0, 0.05) is 25.1 Å². The number of fused-ring (bicyclic) bond motifs is 1. The van der Waals surface area contributed by atoms with Gasteiger partial charge in [-0.15, -0.1) is 0 Å². The lowest BCUT2D eigenvalue weighted by atomic mass is 9.80. The van der Waals surface area contributed by atoms with Crippen molar-refractivity contribution < 1.29 is 17.9 Å². The molecule has 2 atom stereocenters. The third-order valence-electron chi connectivity index (χ3n) is 5.02. The molecule has 6 heteroatoms. The molecule has 0 spiro atoms. The Hall–Kier alpha value is -1.40. The Balaban J connectivity index is 1.91. The van der Waals surface area contributed by atoms with Crippen molar-refractivity contribution >= 4 is 15.7 Å².